The van der Waals surface area contributed by atoms with Gasteiger partial charge < -0.3 is 5.32 Å². The molecule has 0 bridgehead atoms. The highest BCUT2D eigenvalue weighted by atomic mass is 35.5. The molecular formula is C13H13ClF3NO. The summed E-state index contributed by atoms with van der Waals surface area (Å²) in [5.41, 5.74) is -0.712. The minimum absolute atomic E-state index is 0.0442. The first kappa shape index (κ1) is 15.6. The average molecular weight is 292 g/mol. The van der Waals surface area contributed by atoms with Gasteiger partial charge in [0, 0.05) is 18.5 Å². The van der Waals surface area contributed by atoms with Crippen LogP contribution in [0.25, 0.3) is 6.08 Å². The second-order valence-electron chi connectivity index (χ2n) is 3.90. The lowest BCUT2D eigenvalue weighted by molar-refractivity contribution is -0.137. The summed E-state index contributed by atoms with van der Waals surface area (Å²) in [7, 11) is 0. The molecule has 0 radical (unpaired) electrons. The Balaban J connectivity index is 2.78. The zero-order valence-electron chi connectivity index (χ0n) is 10.2. The number of hydrogen-bond donors (Lipinski definition) is 1. The third kappa shape index (κ3) is 5.34. The van der Waals surface area contributed by atoms with Gasteiger partial charge in [0.15, 0.2) is 0 Å². The molecule has 0 aliphatic carbocycles. The van der Waals surface area contributed by atoms with E-state index in [0.29, 0.717) is 13.0 Å². The molecule has 0 spiro atoms. The molecule has 1 rings (SSSR count). The van der Waals surface area contributed by atoms with Gasteiger partial charge in [-0.05, 0) is 24.1 Å². The van der Waals surface area contributed by atoms with Crippen molar-refractivity contribution in [3.63, 3.8) is 0 Å². The highest BCUT2D eigenvalue weighted by molar-refractivity contribution is 6.30. The molecule has 1 amide bonds. The van der Waals surface area contributed by atoms with Gasteiger partial charge in [-0.25, -0.2) is 0 Å². The second-order valence-corrected chi connectivity index (χ2v) is 4.34. The smallest absolute Gasteiger partial charge is 0.356 e. The predicted octanol–water partition coefficient (Wildman–Crippen LogP) is 3.90. The standard InChI is InChI=1S/C13H13ClF3NO/c1-9(19)18-7-3-2-4-10-5-6-11(14)8-12(10)13(15,16)17/h2,4-6,8H,3,7H2,1H3,(H,18,19). The number of hydrogen-bond acceptors (Lipinski definition) is 1. The van der Waals surface area contributed by atoms with Crippen LogP contribution < -0.4 is 5.32 Å². The van der Waals surface area contributed by atoms with Gasteiger partial charge in [-0.3, -0.25) is 4.79 Å². The summed E-state index contributed by atoms with van der Waals surface area (Å²) in [5, 5.41) is 2.60. The van der Waals surface area contributed by atoms with Gasteiger partial charge in [0.05, 0.1) is 5.56 Å². The SMILES string of the molecule is CC(=O)NCCC=Cc1ccc(Cl)cc1C(F)(F)F. The normalized spacial score (nSPS) is 11.8. The first-order valence-electron chi connectivity index (χ1n) is 5.58. The number of carbonyl (C=O) groups is 1. The number of rotatable bonds is 4. The number of benzene rings is 1. The molecule has 0 fully saturated rings. The van der Waals surface area contributed by atoms with Gasteiger partial charge in [-0.15, -0.1) is 0 Å². The van der Waals surface area contributed by atoms with Crippen molar-refractivity contribution in [1.82, 2.24) is 5.32 Å². The summed E-state index contributed by atoms with van der Waals surface area (Å²) < 4.78 is 38.3. The number of amides is 1. The highest BCUT2D eigenvalue weighted by Crippen LogP contribution is 2.34. The van der Waals surface area contributed by atoms with Gasteiger partial charge in [-0.2, -0.15) is 13.2 Å². The van der Waals surface area contributed by atoms with Gasteiger partial charge in [0.25, 0.3) is 0 Å². The molecule has 0 saturated carbocycles. The van der Waals surface area contributed by atoms with Gasteiger partial charge >= 0.3 is 6.18 Å². The first-order chi connectivity index (χ1) is 8.80. The maximum Gasteiger partial charge on any atom is 0.417 e. The lowest BCUT2D eigenvalue weighted by Crippen LogP contribution is -2.20. The van der Waals surface area contributed by atoms with E-state index in [9.17, 15) is 18.0 Å². The lowest BCUT2D eigenvalue weighted by Gasteiger charge is -2.10. The molecule has 0 saturated heterocycles. The fourth-order valence-corrected chi connectivity index (χ4v) is 1.63. The van der Waals surface area contributed by atoms with Crippen molar-refractivity contribution < 1.29 is 18.0 Å². The maximum atomic E-state index is 12.8. The van der Waals surface area contributed by atoms with Crippen molar-refractivity contribution >= 4 is 23.6 Å². The van der Waals surface area contributed by atoms with E-state index in [1.54, 1.807) is 6.08 Å². The quantitative estimate of drug-likeness (QED) is 0.838. The van der Waals surface area contributed by atoms with Crippen molar-refractivity contribution in [1.29, 1.82) is 0 Å². The molecule has 0 aliphatic rings. The van der Waals surface area contributed by atoms with Crippen LogP contribution in [0.3, 0.4) is 0 Å². The molecular weight excluding hydrogens is 279 g/mol. The molecule has 19 heavy (non-hydrogen) atoms. The fraction of sp³-hybridized carbons (Fsp3) is 0.308. The molecule has 1 N–H and O–H groups in total. The Morgan fingerprint density at radius 2 is 2.11 bits per heavy atom. The van der Waals surface area contributed by atoms with E-state index in [0.717, 1.165) is 6.07 Å². The van der Waals surface area contributed by atoms with Crippen molar-refractivity contribution in [2.75, 3.05) is 6.54 Å². The molecule has 1 aromatic rings. The van der Waals surface area contributed by atoms with E-state index in [2.05, 4.69) is 5.32 Å². The van der Waals surface area contributed by atoms with Crippen LogP contribution in [0.2, 0.25) is 5.02 Å². The van der Waals surface area contributed by atoms with E-state index in [4.69, 9.17) is 11.6 Å². The van der Waals surface area contributed by atoms with Crippen molar-refractivity contribution in [2.45, 2.75) is 19.5 Å². The molecule has 104 valence electrons. The Bertz CT molecular complexity index is 483. The van der Waals surface area contributed by atoms with Crippen molar-refractivity contribution in [3.05, 3.63) is 40.4 Å². The summed E-state index contributed by atoms with van der Waals surface area (Å²) in [6, 6.07) is 3.62. The van der Waals surface area contributed by atoms with Crippen LogP contribution in [0.4, 0.5) is 13.2 Å². The third-order valence-corrected chi connectivity index (χ3v) is 2.54. The Morgan fingerprint density at radius 3 is 2.68 bits per heavy atom. The molecule has 2 nitrogen and oxygen atoms in total. The Hall–Kier alpha value is -1.49. The van der Waals surface area contributed by atoms with E-state index in [1.807, 2.05) is 0 Å². The minimum Gasteiger partial charge on any atom is -0.356 e. The summed E-state index contributed by atoms with van der Waals surface area (Å²) in [6.07, 6.45) is -1.03. The van der Waals surface area contributed by atoms with Gasteiger partial charge in [-0.1, -0.05) is 29.8 Å². The van der Waals surface area contributed by atoms with E-state index in [1.165, 1.54) is 25.1 Å². The molecule has 0 aromatic heterocycles. The molecule has 0 heterocycles. The average Bonchev–Trinajstić information content (AvgIpc) is 2.28. The Morgan fingerprint density at radius 1 is 1.42 bits per heavy atom. The van der Waals surface area contributed by atoms with Gasteiger partial charge in [0.1, 0.15) is 0 Å². The van der Waals surface area contributed by atoms with E-state index < -0.39 is 11.7 Å². The number of halogens is 4. The summed E-state index contributed by atoms with van der Waals surface area (Å²) in [6.45, 7) is 1.77. The maximum absolute atomic E-state index is 12.8. The van der Waals surface area contributed by atoms with Crippen LogP contribution in [0.5, 0.6) is 0 Å². The summed E-state index contributed by atoms with van der Waals surface area (Å²) in [5.74, 6) is -0.170. The first-order valence-corrected chi connectivity index (χ1v) is 5.96. The number of alkyl halides is 3. The van der Waals surface area contributed by atoms with Crippen molar-refractivity contribution in [2.24, 2.45) is 0 Å². The Kier molecular flexibility index (Phi) is 5.42. The van der Waals surface area contributed by atoms with Crippen LogP contribution in [0.15, 0.2) is 24.3 Å². The van der Waals surface area contributed by atoms with Crippen LogP contribution >= 0.6 is 11.6 Å². The Labute approximate surface area is 114 Å². The molecule has 1 aromatic carbocycles. The highest BCUT2D eigenvalue weighted by Gasteiger charge is 2.32. The van der Waals surface area contributed by atoms with Crippen LogP contribution in [0.1, 0.15) is 24.5 Å². The van der Waals surface area contributed by atoms with E-state index in [-0.39, 0.29) is 16.5 Å². The topological polar surface area (TPSA) is 29.1 Å². The molecule has 0 atom stereocenters. The number of carbonyl (C=O) groups excluding carboxylic acids is 1. The number of nitrogens with one attached hydrogen (secondary N) is 1. The molecule has 6 heteroatoms. The molecule has 0 unspecified atom stereocenters. The molecule has 0 aliphatic heterocycles. The monoisotopic (exact) mass is 291 g/mol. The fourth-order valence-electron chi connectivity index (χ4n) is 1.46. The van der Waals surface area contributed by atoms with Gasteiger partial charge in [0.2, 0.25) is 5.91 Å². The summed E-state index contributed by atoms with van der Waals surface area (Å²) >= 11 is 5.57. The predicted molar refractivity (Wildman–Crippen MR) is 68.8 cm³/mol. The lowest BCUT2D eigenvalue weighted by atomic mass is 10.1. The zero-order chi connectivity index (χ0) is 14.5. The van der Waals surface area contributed by atoms with Crippen LogP contribution in [0, 0.1) is 0 Å². The van der Waals surface area contributed by atoms with Crippen LogP contribution in [-0.4, -0.2) is 12.5 Å². The minimum atomic E-state index is -4.44. The second kappa shape index (κ2) is 6.61. The largest absolute Gasteiger partial charge is 0.417 e. The van der Waals surface area contributed by atoms with E-state index >= 15 is 0 Å². The zero-order valence-corrected chi connectivity index (χ0v) is 11.0. The summed E-state index contributed by atoms with van der Waals surface area (Å²) in [4.78, 5) is 10.6. The van der Waals surface area contributed by atoms with Crippen molar-refractivity contribution in [3.8, 4) is 0 Å². The van der Waals surface area contributed by atoms with Crippen LogP contribution in [-0.2, 0) is 11.0 Å². The third-order valence-electron chi connectivity index (χ3n) is 2.30.